The van der Waals surface area contributed by atoms with Gasteiger partial charge in [-0.25, -0.2) is 5.01 Å². The third-order valence-electron chi connectivity index (χ3n) is 6.64. The van der Waals surface area contributed by atoms with Crippen molar-refractivity contribution in [2.75, 3.05) is 13.1 Å². The summed E-state index contributed by atoms with van der Waals surface area (Å²) in [5, 5.41) is 5.83. The van der Waals surface area contributed by atoms with Crippen LogP contribution in [0, 0.1) is 29.1 Å². The average molecular weight is 281 g/mol. The molecule has 0 saturated carbocycles. The van der Waals surface area contributed by atoms with E-state index in [-0.39, 0.29) is 0 Å². The van der Waals surface area contributed by atoms with Crippen molar-refractivity contribution >= 4 is 0 Å². The molecule has 2 rings (SSSR count). The van der Waals surface area contributed by atoms with Crippen LogP contribution < -0.4 is 11.2 Å². The van der Waals surface area contributed by atoms with Crippen molar-refractivity contribution in [2.45, 2.75) is 66.5 Å². The third-order valence-corrected chi connectivity index (χ3v) is 6.64. The molecule has 118 valence electrons. The van der Waals surface area contributed by atoms with Gasteiger partial charge in [-0.3, -0.25) is 5.84 Å². The summed E-state index contributed by atoms with van der Waals surface area (Å²) in [5.74, 6) is 9.16. The number of hydrazine groups is 1. The lowest BCUT2D eigenvalue weighted by molar-refractivity contribution is -0.0230. The fraction of sp³-hybridized carbons (Fsp3) is 1.00. The minimum absolute atomic E-state index is 0.417. The Morgan fingerprint density at radius 3 is 2.15 bits per heavy atom. The normalized spacial score (nSPS) is 51.8. The Bertz CT molecular complexity index is 314. The van der Waals surface area contributed by atoms with Crippen LogP contribution in [0.1, 0.15) is 54.4 Å². The predicted molar refractivity (Wildman–Crippen MR) is 86.1 cm³/mol. The van der Waals surface area contributed by atoms with Gasteiger partial charge in [0, 0.05) is 18.6 Å². The van der Waals surface area contributed by atoms with Crippen LogP contribution in [0.15, 0.2) is 0 Å². The minimum Gasteiger partial charge on any atom is -0.314 e. The summed E-state index contributed by atoms with van der Waals surface area (Å²) in [6.07, 6.45) is 2.52. The number of hydrogen-bond acceptors (Lipinski definition) is 3. The molecule has 2 aliphatic rings. The van der Waals surface area contributed by atoms with Gasteiger partial charge in [-0.15, -0.1) is 0 Å². The van der Waals surface area contributed by atoms with Gasteiger partial charge >= 0.3 is 0 Å². The van der Waals surface area contributed by atoms with Crippen molar-refractivity contribution in [1.82, 2.24) is 10.3 Å². The lowest BCUT2D eigenvalue weighted by atomic mass is 9.54. The summed E-state index contributed by atoms with van der Waals surface area (Å²) in [7, 11) is 0. The molecule has 0 aromatic heterocycles. The van der Waals surface area contributed by atoms with E-state index in [1.165, 1.54) is 12.8 Å². The fourth-order valence-electron chi connectivity index (χ4n) is 5.79. The molecule has 2 fully saturated rings. The summed E-state index contributed by atoms with van der Waals surface area (Å²) >= 11 is 0. The smallest absolute Gasteiger partial charge is 0.0215 e. The van der Waals surface area contributed by atoms with E-state index in [1.807, 2.05) is 0 Å². The molecule has 7 atom stereocenters. The molecule has 0 amide bonds. The second-order valence-corrected chi connectivity index (χ2v) is 7.93. The van der Waals surface area contributed by atoms with Crippen molar-refractivity contribution in [3.63, 3.8) is 0 Å². The van der Waals surface area contributed by atoms with Gasteiger partial charge in [0.05, 0.1) is 0 Å². The number of hydrogen-bond donors (Lipinski definition) is 2. The molecule has 0 aromatic carbocycles. The highest BCUT2D eigenvalue weighted by Gasteiger charge is 2.52. The summed E-state index contributed by atoms with van der Waals surface area (Å²) in [6, 6.07) is 1.14. The second kappa shape index (κ2) is 5.94. The van der Waals surface area contributed by atoms with E-state index in [1.54, 1.807) is 0 Å². The Balaban J connectivity index is 2.41. The fourth-order valence-corrected chi connectivity index (χ4v) is 5.79. The Morgan fingerprint density at radius 2 is 1.50 bits per heavy atom. The van der Waals surface area contributed by atoms with Gasteiger partial charge in [-0.2, -0.15) is 0 Å². The first kappa shape index (κ1) is 16.3. The maximum absolute atomic E-state index is 6.30. The molecule has 3 N–H and O–H groups in total. The molecular formula is C17H35N3. The van der Waals surface area contributed by atoms with Gasteiger partial charge in [0.25, 0.3) is 0 Å². The SMILES string of the molecule is CC1CC(C)C2(C(C)CN1)C(C)CC(C)N(N)CC2C. The quantitative estimate of drug-likeness (QED) is 0.671. The van der Waals surface area contributed by atoms with Crippen LogP contribution in [-0.4, -0.2) is 30.2 Å². The first-order valence-corrected chi connectivity index (χ1v) is 8.54. The van der Waals surface area contributed by atoms with Gasteiger partial charge in [-0.1, -0.05) is 27.7 Å². The van der Waals surface area contributed by atoms with Crippen LogP contribution in [0.2, 0.25) is 0 Å². The van der Waals surface area contributed by atoms with Crippen LogP contribution in [0.3, 0.4) is 0 Å². The molecule has 2 saturated heterocycles. The first-order chi connectivity index (χ1) is 9.30. The van der Waals surface area contributed by atoms with E-state index in [0.29, 0.717) is 29.3 Å². The molecule has 2 heterocycles. The standard InChI is InChI=1S/C17H35N3/c1-11-7-15(5)19-9-13(3)17(11)12(2)8-16(6)20(18)10-14(17)4/h11-16,19H,7-10,18H2,1-6H3. The van der Waals surface area contributed by atoms with Crippen LogP contribution >= 0.6 is 0 Å². The number of rotatable bonds is 0. The second-order valence-electron chi connectivity index (χ2n) is 7.93. The molecule has 20 heavy (non-hydrogen) atoms. The number of nitrogens with two attached hydrogens (primary N) is 1. The van der Waals surface area contributed by atoms with E-state index < -0.39 is 0 Å². The van der Waals surface area contributed by atoms with Crippen molar-refractivity contribution in [1.29, 1.82) is 0 Å². The van der Waals surface area contributed by atoms with Crippen LogP contribution in [0.25, 0.3) is 0 Å². The molecule has 3 nitrogen and oxygen atoms in total. The van der Waals surface area contributed by atoms with E-state index in [4.69, 9.17) is 5.84 Å². The molecule has 0 radical (unpaired) electrons. The molecule has 0 bridgehead atoms. The Hall–Kier alpha value is -0.120. The van der Waals surface area contributed by atoms with Crippen molar-refractivity contribution in [3.8, 4) is 0 Å². The van der Waals surface area contributed by atoms with Crippen molar-refractivity contribution in [3.05, 3.63) is 0 Å². The minimum atomic E-state index is 0.417. The average Bonchev–Trinajstić information content (AvgIpc) is 2.51. The largest absolute Gasteiger partial charge is 0.314 e. The van der Waals surface area contributed by atoms with E-state index >= 15 is 0 Å². The lowest BCUT2D eigenvalue weighted by Gasteiger charge is -2.51. The molecule has 2 aliphatic heterocycles. The summed E-state index contributed by atoms with van der Waals surface area (Å²) < 4.78 is 0. The van der Waals surface area contributed by atoms with Crippen LogP contribution in [0.4, 0.5) is 0 Å². The van der Waals surface area contributed by atoms with Crippen molar-refractivity contribution < 1.29 is 0 Å². The van der Waals surface area contributed by atoms with Gasteiger partial charge < -0.3 is 5.32 Å². The Labute approximate surface area is 125 Å². The zero-order valence-electron chi connectivity index (χ0n) is 14.3. The van der Waals surface area contributed by atoms with Gasteiger partial charge in [0.2, 0.25) is 0 Å². The maximum atomic E-state index is 6.30. The highest BCUT2D eigenvalue weighted by molar-refractivity contribution is 5.02. The Kier molecular flexibility index (Phi) is 4.83. The third kappa shape index (κ3) is 2.53. The number of nitrogens with zero attached hydrogens (tertiary/aromatic N) is 1. The van der Waals surface area contributed by atoms with Crippen LogP contribution in [-0.2, 0) is 0 Å². The van der Waals surface area contributed by atoms with E-state index in [0.717, 1.165) is 24.9 Å². The van der Waals surface area contributed by atoms with E-state index in [9.17, 15) is 0 Å². The van der Waals surface area contributed by atoms with Gasteiger partial charge in [0.15, 0.2) is 0 Å². The van der Waals surface area contributed by atoms with E-state index in [2.05, 4.69) is 51.9 Å². The summed E-state index contributed by atoms with van der Waals surface area (Å²) in [5.41, 5.74) is 0.417. The zero-order valence-corrected chi connectivity index (χ0v) is 14.3. The Morgan fingerprint density at radius 1 is 0.900 bits per heavy atom. The highest BCUT2D eigenvalue weighted by atomic mass is 15.4. The predicted octanol–water partition coefficient (Wildman–Crippen LogP) is 2.87. The molecular weight excluding hydrogens is 246 g/mol. The topological polar surface area (TPSA) is 41.3 Å². The van der Waals surface area contributed by atoms with Crippen molar-refractivity contribution in [2.24, 2.45) is 34.9 Å². The summed E-state index contributed by atoms with van der Waals surface area (Å²) in [6.45, 7) is 16.7. The molecule has 1 spiro atoms. The molecule has 0 aromatic rings. The zero-order chi connectivity index (χ0) is 15.1. The lowest BCUT2D eigenvalue weighted by Crippen LogP contribution is -2.49. The first-order valence-electron chi connectivity index (χ1n) is 8.54. The summed E-state index contributed by atoms with van der Waals surface area (Å²) in [4.78, 5) is 0. The highest BCUT2D eigenvalue weighted by Crippen LogP contribution is 2.54. The molecule has 3 heteroatoms. The van der Waals surface area contributed by atoms with Crippen LogP contribution in [0.5, 0.6) is 0 Å². The monoisotopic (exact) mass is 281 g/mol. The van der Waals surface area contributed by atoms with Gasteiger partial charge in [-0.05, 0) is 62.3 Å². The maximum Gasteiger partial charge on any atom is 0.0215 e. The molecule has 0 aliphatic carbocycles. The van der Waals surface area contributed by atoms with Gasteiger partial charge in [0.1, 0.15) is 0 Å². The molecule has 7 unspecified atom stereocenters. The number of nitrogens with one attached hydrogen (secondary N) is 1.